The van der Waals surface area contributed by atoms with Crippen molar-refractivity contribution < 1.29 is 23.0 Å². The third-order valence-electron chi connectivity index (χ3n) is 6.84. The lowest BCUT2D eigenvalue weighted by atomic mass is 10.2. The molecule has 46 heavy (non-hydrogen) atoms. The number of aromatic nitrogens is 4. The lowest BCUT2D eigenvalue weighted by Gasteiger charge is -2.10. The average Bonchev–Trinajstić information content (AvgIpc) is 3.51. The number of pyridine rings is 2. The summed E-state index contributed by atoms with van der Waals surface area (Å²) in [4.78, 5) is 35.8. The van der Waals surface area contributed by atoms with Gasteiger partial charge in [-0.25, -0.2) is 8.78 Å². The first kappa shape index (κ1) is 30.6. The van der Waals surface area contributed by atoms with Gasteiger partial charge >= 0.3 is 0 Å². The molecule has 0 atom stereocenters. The molecule has 0 aliphatic heterocycles. The standard InChI is InChI=1S/C33H26F2N6O4S/c1-44-15-14-36-18-20-2-8-26(38-19-20)30-17-27-31(46-30)29(11-12-37-27)45-28-9-5-22(16-25(28)35)40-32(42)24-10-13-39-41(33(24)43)23-6-3-21(34)4-7-23/h2-13,16-17,19,36H,14-15,18H2,1H3,(H,40,42). The van der Waals surface area contributed by atoms with Crippen molar-refractivity contribution in [1.29, 1.82) is 0 Å². The van der Waals surface area contributed by atoms with Crippen LogP contribution in [0.3, 0.4) is 0 Å². The van der Waals surface area contributed by atoms with Crippen molar-refractivity contribution in [2.45, 2.75) is 6.54 Å². The Bertz CT molecular complexity index is 2070. The summed E-state index contributed by atoms with van der Waals surface area (Å²) in [6.45, 7) is 2.05. The van der Waals surface area contributed by atoms with E-state index in [1.54, 1.807) is 19.4 Å². The van der Waals surface area contributed by atoms with Gasteiger partial charge in [-0.1, -0.05) is 6.07 Å². The molecule has 0 fully saturated rings. The monoisotopic (exact) mass is 640 g/mol. The van der Waals surface area contributed by atoms with Gasteiger partial charge in [0.2, 0.25) is 0 Å². The van der Waals surface area contributed by atoms with Crippen LogP contribution in [0.4, 0.5) is 14.5 Å². The molecule has 2 N–H and O–H groups in total. The fourth-order valence-electron chi connectivity index (χ4n) is 4.53. The first-order chi connectivity index (χ1) is 22.4. The normalized spacial score (nSPS) is 11.1. The number of halogens is 2. The van der Waals surface area contributed by atoms with Gasteiger partial charge in [-0.3, -0.25) is 19.6 Å². The summed E-state index contributed by atoms with van der Waals surface area (Å²) < 4.78 is 41.2. The van der Waals surface area contributed by atoms with E-state index in [0.29, 0.717) is 24.4 Å². The number of nitrogens with zero attached hydrogens (tertiary/aromatic N) is 4. The third-order valence-corrected chi connectivity index (χ3v) is 8.00. The number of benzene rings is 2. The molecule has 0 aliphatic rings. The molecule has 1 amide bonds. The van der Waals surface area contributed by atoms with Gasteiger partial charge in [-0.05, 0) is 60.2 Å². The summed E-state index contributed by atoms with van der Waals surface area (Å²) in [6, 6.07) is 17.8. The van der Waals surface area contributed by atoms with Crippen LogP contribution >= 0.6 is 11.3 Å². The summed E-state index contributed by atoms with van der Waals surface area (Å²) in [7, 11) is 1.66. The third kappa shape index (κ3) is 6.81. The molecular weight excluding hydrogens is 614 g/mol. The van der Waals surface area contributed by atoms with E-state index >= 15 is 4.39 Å². The van der Waals surface area contributed by atoms with Crippen LogP contribution in [0.5, 0.6) is 11.5 Å². The highest BCUT2D eigenvalue weighted by molar-refractivity contribution is 7.22. The summed E-state index contributed by atoms with van der Waals surface area (Å²) in [6.07, 6.45) is 4.67. The van der Waals surface area contributed by atoms with Gasteiger partial charge in [0.25, 0.3) is 11.5 Å². The van der Waals surface area contributed by atoms with E-state index in [1.165, 1.54) is 60.0 Å². The molecule has 10 nitrogen and oxygen atoms in total. The molecule has 0 unspecified atom stereocenters. The Morgan fingerprint density at radius 2 is 1.80 bits per heavy atom. The molecule has 0 saturated carbocycles. The average molecular weight is 641 g/mol. The molecule has 13 heteroatoms. The first-order valence-electron chi connectivity index (χ1n) is 14.1. The Kier molecular flexibility index (Phi) is 9.15. The molecule has 0 spiro atoms. The Morgan fingerprint density at radius 3 is 2.57 bits per heavy atom. The quantitative estimate of drug-likeness (QED) is 0.167. The van der Waals surface area contributed by atoms with E-state index < -0.39 is 23.1 Å². The van der Waals surface area contributed by atoms with Gasteiger partial charge in [0, 0.05) is 56.6 Å². The molecule has 6 rings (SSSR count). The van der Waals surface area contributed by atoms with Crippen molar-refractivity contribution in [3.8, 4) is 27.8 Å². The summed E-state index contributed by atoms with van der Waals surface area (Å²) in [5.74, 6) is -1.62. The Morgan fingerprint density at radius 1 is 0.957 bits per heavy atom. The molecule has 0 saturated heterocycles. The van der Waals surface area contributed by atoms with Crippen molar-refractivity contribution in [3.63, 3.8) is 0 Å². The lowest BCUT2D eigenvalue weighted by molar-refractivity contribution is 0.102. The van der Waals surface area contributed by atoms with Crippen LogP contribution in [-0.2, 0) is 11.3 Å². The highest BCUT2D eigenvalue weighted by atomic mass is 32.1. The number of methoxy groups -OCH3 is 1. The Balaban J connectivity index is 1.16. The number of thiophene rings is 1. The Labute approximate surface area is 265 Å². The number of anilines is 1. The molecule has 2 aromatic carbocycles. The number of ether oxygens (including phenoxy) is 2. The van der Waals surface area contributed by atoms with E-state index in [2.05, 4.69) is 25.7 Å². The van der Waals surface area contributed by atoms with Gasteiger partial charge in [0.05, 0.1) is 33.1 Å². The van der Waals surface area contributed by atoms with Crippen molar-refractivity contribution in [2.75, 3.05) is 25.6 Å². The number of nitrogens with one attached hydrogen (secondary N) is 2. The van der Waals surface area contributed by atoms with E-state index in [0.717, 1.165) is 38.1 Å². The van der Waals surface area contributed by atoms with E-state index in [4.69, 9.17) is 9.47 Å². The van der Waals surface area contributed by atoms with Crippen molar-refractivity contribution in [3.05, 3.63) is 125 Å². The highest BCUT2D eigenvalue weighted by Gasteiger charge is 2.17. The summed E-state index contributed by atoms with van der Waals surface area (Å²) >= 11 is 1.43. The number of carbonyl (C=O) groups is 1. The molecule has 0 radical (unpaired) electrons. The minimum Gasteiger partial charge on any atom is -0.453 e. The smallest absolute Gasteiger partial charge is 0.284 e. The second-order valence-corrected chi connectivity index (χ2v) is 11.0. The van der Waals surface area contributed by atoms with Crippen LogP contribution in [0.1, 0.15) is 15.9 Å². The largest absolute Gasteiger partial charge is 0.453 e. The number of carbonyl (C=O) groups excluding carboxylic acids is 1. The lowest BCUT2D eigenvalue weighted by Crippen LogP contribution is -2.29. The predicted octanol–water partition coefficient (Wildman–Crippen LogP) is 5.96. The van der Waals surface area contributed by atoms with E-state index in [9.17, 15) is 14.0 Å². The van der Waals surface area contributed by atoms with E-state index in [1.807, 2.05) is 24.4 Å². The van der Waals surface area contributed by atoms with Gasteiger partial charge in [-0.15, -0.1) is 11.3 Å². The maximum absolute atomic E-state index is 15.2. The number of fused-ring (bicyclic) bond motifs is 1. The topological polar surface area (TPSA) is 120 Å². The van der Waals surface area contributed by atoms with Crippen LogP contribution in [0, 0.1) is 11.6 Å². The second kappa shape index (κ2) is 13.7. The predicted molar refractivity (Wildman–Crippen MR) is 171 cm³/mol. The minimum atomic E-state index is -0.762. The van der Waals surface area contributed by atoms with Crippen LogP contribution in [0.2, 0.25) is 0 Å². The molecule has 0 bridgehead atoms. The zero-order chi connectivity index (χ0) is 32.0. The van der Waals surface area contributed by atoms with Crippen molar-refractivity contribution in [1.82, 2.24) is 25.1 Å². The number of hydrogen-bond acceptors (Lipinski definition) is 9. The van der Waals surface area contributed by atoms with Crippen LogP contribution in [-0.4, -0.2) is 45.9 Å². The zero-order valence-corrected chi connectivity index (χ0v) is 25.2. The molecule has 4 aromatic heterocycles. The fourth-order valence-corrected chi connectivity index (χ4v) is 5.58. The van der Waals surface area contributed by atoms with Crippen LogP contribution < -0.4 is 20.9 Å². The molecule has 232 valence electrons. The van der Waals surface area contributed by atoms with Crippen molar-refractivity contribution in [2.24, 2.45) is 0 Å². The second-order valence-electron chi connectivity index (χ2n) is 10.00. The first-order valence-corrected chi connectivity index (χ1v) is 14.9. The van der Waals surface area contributed by atoms with Gasteiger partial charge in [0.1, 0.15) is 17.1 Å². The maximum atomic E-state index is 15.2. The Hall–Kier alpha value is -5.37. The fraction of sp³-hybridized carbons (Fsp3) is 0.121. The number of amides is 1. The minimum absolute atomic E-state index is 0.0634. The van der Waals surface area contributed by atoms with Crippen LogP contribution in [0.25, 0.3) is 26.5 Å². The zero-order valence-electron chi connectivity index (χ0n) is 24.4. The summed E-state index contributed by atoms with van der Waals surface area (Å²) in [5, 5.41) is 9.78. The number of rotatable bonds is 11. The molecular formula is C33H26F2N6O4S. The molecule has 4 heterocycles. The number of hydrogen-bond donors (Lipinski definition) is 2. The van der Waals surface area contributed by atoms with Crippen LogP contribution in [0.15, 0.2) is 96.2 Å². The molecule has 0 aliphatic carbocycles. The van der Waals surface area contributed by atoms with E-state index in [-0.39, 0.29) is 22.7 Å². The van der Waals surface area contributed by atoms with Crippen molar-refractivity contribution >= 4 is 33.1 Å². The van der Waals surface area contributed by atoms with Gasteiger partial charge in [0.15, 0.2) is 11.6 Å². The SMILES string of the molecule is COCCNCc1ccc(-c2cc3nccc(Oc4ccc(NC(=O)c5ccnn(-c6ccc(F)cc6)c5=O)cc4F)c3s2)nc1. The van der Waals surface area contributed by atoms with Gasteiger partial charge < -0.3 is 20.1 Å². The van der Waals surface area contributed by atoms with Gasteiger partial charge in [-0.2, -0.15) is 9.78 Å². The summed E-state index contributed by atoms with van der Waals surface area (Å²) in [5.41, 5.74) is 1.95. The maximum Gasteiger partial charge on any atom is 0.284 e. The molecule has 6 aromatic rings. The highest BCUT2D eigenvalue weighted by Crippen LogP contribution is 2.39.